The van der Waals surface area contributed by atoms with Gasteiger partial charge in [0.1, 0.15) is 5.82 Å². The topological polar surface area (TPSA) is 23.5 Å². The monoisotopic (exact) mass is 231 g/mol. The molecular weight excluding hydrogens is 219 g/mol. The molecule has 0 saturated carbocycles. The fourth-order valence-electron chi connectivity index (χ4n) is 1.88. The molecule has 0 radical (unpaired) electrons. The van der Waals surface area contributed by atoms with Crippen LogP contribution in [0.15, 0.2) is 12.1 Å². The molecule has 1 aromatic rings. The number of hydrogen-bond donors (Lipinski definition) is 1. The zero-order valence-corrected chi connectivity index (χ0v) is 8.59. The molecule has 0 aliphatic carbocycles. The zero-order valence-electron chi connectivity index (χ0n) is 8.59. The summed E-state index contributed by atoms with van der Waals surface area (Å²) in [6, 6.07) is 1.42. The molecule has 1 atom stereocenters. The molecule has 1 aromatic carbocycles. The van der Waals surface area contributed by atoms with Crippen LogP contribution >= 0.6 is 0 Å². The third kappa shape index (κ3) is 2.36. The normalized spacial score (nSPS) is 21.6. The molecule has 1 N–H and O–H groups in total. The predicted octanol–water partition coefficient (Wildman–Crippen LogP) is 1.67. The molecule has 1 heterocycles. The minimum Gasteiger partial charge on any atom is -0.392 e. The Morgan fingerprint density at radius 2 is 1.88 bits per heavy atom. The number of rotatable bonds is 2. The predicted molar refractivity (Wildman–Crippen MR) is 52.2 cm³/mol. The Morgan fingerprint density at radius 1 is 1.19 bits per heavy atom. The van der Waals surface area contributed by atoms with Crippen molar-refractivity contribution in [3.63, 3.8) is 0 Å². The van der Waals surface area contributed by atoms with Gasteiger partial charge in [-0.25, -0.2) is 13.2 Å². The van der Waals surface area contributed by atoms with Crippen LogP contribution in [-0.2, 0) is 6.54 Å². The van der Waals surface area contributed by atoms with Crippen LogP contribution in [0.2, 0.25) is 0 Å². The number of nitrogens with zero attached hydrogens (tertiary/aromatic N) is 1. The van der Waals surface area contributed by atoms with Gasteiger partial charge in [0.2, 0.25) is 0 Å². The van der Waals surface area contributed by atoms with E-state index in [9.17, 15) is 18.3 Å². The first-order valence-electron chi connectivity index (χ1n) is 5.10. The van der Waals surface area contributed by atoms with Crippen LogP contribution in [0.4, 0.5) is 13.2 Å². The van der Waals surface area contributed by atoms with Gasteiger partial charge in [0.05, 0.1) is 6.10 Å². The Kier molecular flexibility index (Phi) is 3.16. The van der Waals surface area contributed by atoms with Crippen LogP contribution in [0.1, 0.15) is 12.0 Å². The standard InChI is InChI=1S/C11H12F3NO/c12-9-4-11(14)10(13)3-7(9)5-15-2-1-8(16)6-15/h3-4,8,16H,1-2,5-6H2/t8-/m0/s1. The lowest BCUT2D eigenvalue weighted by Gasteiger charge is -2.15. The van der Waals surface area contributed by atoms with Crippen molar-refractivity contribution >= 4 is 0 Å². The number of aliphatic hydroxyl groups excluding tert-OH is 1. The number of halogens is 3. The van der Waals surface area contributed by atoms with Gasteiger partial charge in [-0.2, -0.15) is 0 Å². The van der Waals surface area contributed by atoms with E-state index in [1.165, 1.54) is 0 Å². The van der Waals surface area contributed by atoms with E-state index in [2.05, 4.69) is 0 Å². The summed E-state index contributed by atoms with van der Waals surface area (Å²) in [5.74, 6) is -2.97. The molecule has 2 rings (SSSR count). The maximum atomic E-state index is 13.3. The van der Waals surface area contributed by atoms with E-state index in [4.69, 9.17) is 0 Å². The lowest BCUT2D eigenvalue weighted by Crippen LogP contribution is -2.22. The second kappa shape index (κ2) is 4.43. The van der Waals surface area contributed by atoms with Crippen molar-refractivity contribution in [2.45, 2.75) is 19.1 Å². The van der Waals surface area contributed by atoms with E-state index in [0.29, 0.717) is 25.6 Å². The lowest BCUT2D eigenvalue weighted by atomic mass is 10.2. The summed E-state index contributed by atoms with van der Waals surface area (Å²) in [4.78, 5) is 1.81. The van der Waals surface area contributed by atoms with Gasteiger partial charge in [0.15, 0.2) is 11.6 Å². The lowest BCUT2D eigenvalue weighted by molar-refractivity contribution is 0.174. The van der Waals surface area contributed by atoms with Gasteiger partial charge in [-0.15, -0.1) is 0 Å². The van der Waals surface area contributed by atoms with Crippen LogP contribution in [0, 0.1) is 17.5 Å². The number of aliphatic hydroxyl groups is 1. The first-order chi connectivity index (χ1) is 7.56. The van der Waals surface area contributed by atoms with E-state index in [-0.39, 0.29) is 12.1 Å². The molecule has 0 spiro atoms. The van der Waals surface area contributed by atoms with Gasteiger partial charge in [-0.1, -0.05) is 0 Å². The Hall–Kier alpha value is -1.07. The van der Waals surface area contributed by atoms with Gasteiger partial charge in [0.25, 0.3) is 0 Å². The van der Waals surface area contributed by atoms with E-state index in [1.807, 2.05) is 0 Å². The molecule has 0 unspecified atom stereocenters. The Bertz CT molecular complexity index is 397. The summed E-state index contributed by atoms with van der Waals surface area (Å²) >= 11 is 0. The first kappa shape index (κ1) is 11.4. The molecule has 1 saturated heterocycles. The Balaban J connectivity index is 2.12. The van der Waals surface area contributed by atoms with E-state index >= 15 is 0 Å². The van der Waals surface area contributed by atoms with Crippen LogP contribution in [0.3, 0.4) is 0 Å². The summed E-state index contributed by atoms with van der Waals surface area (Å²) in [7, 11) is 0. The zero-order chi connectivity index (χ0) is 11.7. The molecule has 1 aliphatic rings. The molecule has 2 nitrogen and oxygen atoms in total. The highest BCUT2D eigenvalue weighted by Crippen LogP contribution is 2.18. The summed E-state index contributed by atoms with van der Waals surface area (Å²) in [6.45, 7) is 1.28. The summed E-state index contributed by atoms with van der Waals surface area (Å²) in [6.07, 6.45) is 0.221. The van der Waals surface area contributed by atoms with E-state index < -0.39 is 23.6 Å². The van der Waals surface area contributed by atoms with Crippen molar-refractivity contribution in [3.05, 3.63) is 35.1 Å². The van der Waals surface area contributed by atoms with Crippen LogP contribution < -0.4 is 0 Å². The smallest absolute Gasteiger partial charge is 0.161 e. The van der Waals surface area contributed by atoms with Crippen molar-refractivity contribution in [2.75, 3.05) is 13.1 Å². The number of β-amino-alcohol motifs (C(OH)–C–C–N with tert-alkyl or cyclic N) is 1. The van der Waals surface area contributed by atoms with Crippen molar-refractivity contribution in [3.8, 4) is 0 Å². The molecular formula is C11H12F3NO. The van der Waals surface area contributed by atoms with Crippen LogP contribution in [0.25, 0.3) is 0 Å². The van der Waals surface area contributed by atoms with Gasteiger partial charge < -0.3 is 5.11 Å². The summed E-state index contributed by atoms with van der Waals surface area (Å²) < 4.78 is 38.9. The third-order valence-corrected chi connectivity index (χ3v) is 2.73. The number of hydrogen-bond acceptors (Lipinski definition) is 2. The van der Waals surface area contributed by atoms with Crippen molar-refractivity contribution in [2.24, 2.45) is 0 Å². The molecule has 16 heavy (non-hydrogen) atoms. The largest absolute Gasteiger partial charge is 0.392 e. The first-order valence-corrected chi connectivity index (χ1v) is 5.10. The molecule has 1 fully saturated rings. The fraction of sp³-hybridized carbons (Fsp3) is 0.455. The van der Waals surface area contributed by atoms with Crippen molar-refractivity contribution < 1.29 is 18.3 Å². The second-order valence-electron chi connectivity index (χ2n) is 4.04. The van der Waals surface area contributed by atoms with Gasteiger partial charge >= 0.3 is 0 Å². The average molecular weight is 231 g/mol. The van der Waals surface area contributed by atoms with Crippen molar-refractivity contribution in [1.82, 2.24) is 4.90 Å². The Morgan fingerprint density at radius 3 is 2.50 bits per heavy atom. The number of benzene rings is 1. The minimum atomic E-state index is -1.18. The second-order valence-corrected chi connectivity index (χ2v) is 4.04. The van der Waals surface area contributed by atoms with Crippen molar-refractivity contribution in [1.29, 1.82) is 0 Å². The highest BCUT2D eigenvalue weighted by Gasteiger charge is 2.21. The Labute approximate surface area is 91.3 Å². The summed E-state index contributed by atoms with van der Waals surface area (Å²) in [5, 5.41) is 9.28. The third-order valence-electron chi connectivity index (χ3n) is 2.73. The van der Waals surface area contributed by atoms with E-state index in [0.717, 1.165) is 6.07 Å². The SMILES string of the molecule is O[C@H]1CCN(Cc2cc(F)c(F)cc2F)C1. The average Bonchev–Trinajstić information content (AvgIpc) is 2.60. The molecule has 0 bridgehead atoms. The number of likely N-dealkylation sites (tertiary alicyclic amines) is 1. The molecule has 0 aromatic heterocycles. The molecule has 1 aliphatic heterocycles. The quantitative estimate of drug-likeness (QED) is 0.783. The minimum absolute atomic E-state index is 0.119. The summed E-state index contributed by atoms with van der Waals surface area (Å²) in [5.41, 5.74) is 0.119. The van der Waals surface area contributed by atoms with Crippen LogP contribution in [0.5, 0.6) is 0 Å². The molecule has 0 amide bonds. The molecule has 88 valence electrons. The maximum absolute atomic E-state index is 13.3. The van der Waals surface area contributed by atoms with Gasteiger partial charge in [0, 0.05) is 31.3 Å². The van der Waals surface area contributed by atoms with Gasteiger partial charge in [-0.05, 0) is 12.5 Å². The maximum Gasteiger partial charge on any atom is 0.161 e. The fourth-order valence-corrected chi connectivity index (χ4v) is 1.88. The van der Waals surface area contributed by atoms with E-state index in [1.54, 1.807) is 4.90 Å². The highest BCUT2D eigenvalue weighted by atomic mass is 19.2. The highest BCUT2D eigenvalue weighted by molar-refractivity contribution is 5.20. The van der Waals surface area contributed by atoms with Gasteiger partial charge in [-0.3, -0.25) is 4.90 Å². The van der Waals surface area contributed by atoms with Crippen LogP contribution in [-0.4, -0.2) is 29.2 Å². The molecule has 5 heteroatoms.